The van der Waals surface area contributed by atoms with Gasteiger partial charge in [-0.25, -0.2) is 4.98 Å². The van der Waals surface area contributed by atoms with Crippen LogP contribution in [-0.4, -0.2) is 21.1 Å². The highest BCUT2D eigenvalue weighted by Crippen LogP contribution is 2.20. The normalized spacial score (nSPS) is 9.89. The number of amides is 1. The molecule has 2 rings (SSSR count). The Bertz CT molecular complexity index is 562. The number of nitrogen functional groups attached to an aromatic ring is 1. The maximum absolute atomic E-state index is 12.0. The first kappa shape index (κ1) is 12.2. The molecule has 0 aliphatic carbocycles. The Balaban J connectivity index is 2.26. The number of hydrogen-bond donors (Lipinski definition) is 3. The third kappa shape index (κ3) is 2.70. The molecule has 18 heavy (non-hydrogen) atoms. The monoisotopic (exact) mass is 264 g/mol. The number of nitrogens with one attached hydrogen (secondary N) is 2. The van der Waals surface area contributed by atoms with Gasteiger partial charge < -0.3 is 5.43 Å². The lowest BCUT2D eigenvalue weighted by molar-refractivity contribution is 0.102. The maximum atomic E-state index is 12.0. The quantitative estimate of drug-likeness (QED) is 0.565. The Labute approximate surface area is 107 Å². The number of carbonyl (C=O) groups is 1. The number of nitrogens with two attached hydrogens (primary N) is 1. The summed E-state index contributed by atoms with van der Waals surface area (Å²) in [5.74, 6) is 4.99. The minimum absolute atomic E-state index is 0.102. The summed E-state index contributed by atoms with van der Waals surface area (Å²) in [6.07, 6.45) is 2.82. The van der Waals surface area contributed by atoms with Crippen molar-refractivity contribution in [1.29, 1.82) is 0 Å². The summed E-state index contributed by atoms with van der Waals surface area (Å²) < 4.78 is 0. The molecular formula is C10H9ClN6O. The molecule has 92 valence electrons. The number of hydrogen-bond acceptors (Lipinski definition) is 6. The lowest BCUT2D eigenvalue weighted by atomic mass is 10.1. The van der Waals surface area contributed by atoms with Crippen molar-refractivity contribution in [3.8, 4) is 0 Å². The van der Waals surface area contributed by atoms with Crippen LogP contribution in [0.4, 0.5) is 11.6 Å². The number of aromatic nitrogens is 3. The Morgan fingerprint density at radius 3 is 2.83 bits per heavy atom. The van der Waals surface area contributed by atoms with Gasteiger partial charge in [-0.2, -0.15) is 5.10 Å². The van der Waals surface area contributed by atoms with E-state index in [1.54, 1.807) is 12.1 Å². The molecule has 4 N–H and O–H groups in total. The second-order valence-corrected chi connectivity index (χ2v) is 3.69. The molecule has 8 heteroatoms. The zero-order valence-corrected chi connectivity index (χ0v) is 9.85. The van der Waals surface area contributed by atoms with Crippen molar-refractivity contribution in [3.63, 3.8) is 0 Å². The van der Waals surface area contributed by atoms with Gasteiger partial charge in [0.25, 0.3) is 5.91 Å². The Morgan fingerprint density at radius 1 is 1.33 bits per heavy atom. The predicted octanol–water partition coefficient (Wildman–Crippen LogP) is 1.06. The van der Waals surface area contributed by atoms with E-state index in [0.29, 0.717) is 10.7 Å². The highest BCUT2D eigenvalue weighted by Gasteiger charge is 2.13. The lowest BCUT2D eigenvalue weighted by Crippen LogP contribution is -2.18. The van der Waals surface area contributed by atoms with Crippen LogP contribution in [0.5, 0.6) is 0 Å². The molecule has 0 bridgehead atoms. The van der Waals surface area contributed by atoms with E-state index in [1.165, 1.54) is 18.5 Å². The third-order valence-electron chi connectivity index (χ3n) is 2.09. The largest absolute Gasteiger partial charge is 0.323 e. The Hall–Kier alpha value is -2.25. The standard InChI is InChI=1S/C10H9ClN6O/c11-6-1-2-8(16-12)7(5-6)9(18)15-10-13-3-4-14-17-10/h1-5,16H,12H2,(H,13,15,17,18). The number of halogens is 1. The smallest absolute Gasteiger partial charge is 0.260 e. The van der Waals surface area contributed by atoms with E-state index in [0.717, 1.165) is 0 Å². The van der Waals surface area contributed by atoms with Crippen LogP contribution in [0.15, 0.2) is 30.6 Å². The topological polar surface area (TPSA) is 106 Å². The predicted molar refractivity (Wildman–Crippen MR) is 67.0 cm³/mol. The van der Waals surface area contributed by atoms with E-state index in [1.807, 2.05) is 0 Å². The molecular weight excluding hydrogens is 256 g/mol. The summed E-state index contributed by atoms with van der Waals surface area (Å²) in [4.78, 5) is 15.8. The number of anilines is 2. The molecule has 1 amide bonds. The van der Waals surface area contributed by atoms with Gasteiger partial charge in [-0.15, -0.1) is 5.10 Å². The van der Waals surface area contributed by atoms with Crippen LogP contribution >= 0.6 is 11.6 Å². The molecule has 0 saturated carbocycles. The van der Waals surface area contributed by atoms with Crippen molar-refractivity contribution in [2.45, 2.75) is 0 Å². The zero-order valence-electron chi connectivity index (χ0n) is 9.09. The highest BCUT2D eigenvalue weighted by atomic mass is 35.5. The fourth-order valence-electron chi connectivity index (χ4n) is 1.30. The molecule has 0 unspecified atom stereocenters. The summed E-state index contributed by atoms with van der Waals surface area (Å²) in [6.45, 7) is 0. The number of rotatable bonds is 3. The van der Waals surface area contributed by atoms with Gasteiger partial charge in [0.1, 0.15) is 0 Å². The minimum Gasteiger partial charge on any atom is -0.323 e. The molecule has 1 aromatic carbocycles. The lowest BCUT2D eigenvalue weighted by Gasteiger charge is -2.08. The first-order valence-corrected chi connectivity index (χ1v) is 5.29. The van der Waals surface area contributed by atoms with Crippen molar-refractivity contribution in [2.24, 2.45) is 5.84 Å². The zero-order chi connectivity index (χ0) is 13.0. The number of benzene rings is 1. The third-order valence-corrected chi connectivity index (χ3v) is 2.32. The molecule has 0 atom stereocenters. The summed E-state index contributed by atoms with van der Waals surface area (Å²) in [5, 5.41) is 10.1. The minimum atomic E-state index is -0.432. The summed E-state index contributed by atoms with van der Waals surface area (Å²) >= 11 is 5.83. The van der Waals surface area contributed by atoms with Gasteiger partial charge in [0.05, 0.1) is 23.6 Å². The van der Waals surface area contributed by atoms with Crippen LogP contribution < -0.4 is 16.6 Å². The molecule has 2 aromatic rings. The summed E-state index contributed by atoms with van der Waals surface area (Å²) in [5.41, 5.74) is 3.15. The Kier molecular flexibility index (Phi) is 3.66. The number of hydrazine groups is 1. The summed E-state index contributed by atoms with van der Waals surface area (Å²) in [7, 11) is 0. The molecule has 7 nitrogen and oxygen atoms in total. The molecule has 0 radical (unpaired) electrons. The SMILES string of the molecule is NNc1ccc(Cl)cc1C(=O)Nc1nccnn1. The molecule has 0 saturated heterocycles. The van der Waals surface area contributed by atoms with E-state index >= 15 is 0 Å². The van der Waals surface area contributed by atoms with Gasteiger partial charge in [-0.05, 0) is 18.2 Å². The fraction of sp³-hybridized carbons (Fsp3) is 0. The average molecular weight is 265 g/mol. The van der Waals surface area contributed by atoms with Gasteiger partial charge in [-0.3, -0.25) is 16.0 Å². The van der Waals surface area contributed by atoms with Crippen LogP contribution in [0.3, 0.4) is 0 Å². The van der Waals surface area contributed by atoms with E-state index in [-0.39, 0.29) is 11.5 Å². The molecule has 1 aromatic heterocycles. The highest BCUT2D eigenvalue weighted by molar-refractivity contribution is 6.31. The van der Waals surface area contributed by atoms with E-state index in [4.69, 9.17) is 17.4 Å². The van der Waals surface area contributed by atoms with Gasteiger partial charge in [0, 0.05) is 5.02 Å². The van der Waals surface area contributed by atoms with Gasteiger partial charge in [-0.1, -0.05) is 11.6 Å². The average Bonchev–Trinajstić information content (AvgIpc) is 2.40. The fourth-order valence-corrected chi connectivity index (χ4v) is 1.48. The van der Waals surface area contributed by atoms with E-state index in [2.05, 4.69) is 25.9 Å². The van der Waals surface area contributed by atoms with Crippen molar-refractivity contribution in [2.75, 3.05) is 10.7 Å². The van der Waals surface area contributed by atoms with Crippen LogP contribution in [0.2, 0.25) is 5.02 Å². The van der Waals surface area contributed by atoms with Crippen LogP contribution in [0.25, 0.3) is 0 Å². The molecule has 0 aliphatic heterocycles. The number of nitrogens with zero attached hydrogens (tertiary/aromatic N) is 3. The first-order valence-electron chi connectivity index (χ1n) is 4.92. The van der Waals surface area contributed by atoms with E-state index in [9.17, 15) is 4.79 Å². The molecule has 1 heterocycles. The first-order chi connectivity index (χ1) is 8.70. The van der Waals surface area contributed by atoms with Crippen LogP contribution in [0.1, 0.15) is 10.4 Å². The van der Waals surface area contributed by atoms with Gasteiger partial charge >= 0.3 is 0 Å². The Morgan fingerprint density at radius 2 is 2.17 bits per heavy atom. The van der Waals surface area contributed by atoms with Crippen LogP contribution in [-0.2, 0) is 0 Å². The van der Waals surface area contributed by atoms with Crippen LogP contribution in [0, 0.1) is 0 Å². The second-order valence-electron chi connectivity index (χ2n) is 3.25. The molecule has 0 spiro atoms. The van der Waals surface area contributed by atoms with Crippen molar-refractivity contribution in [1.82, 2.24) is 15.2 Å². The van der Waals surface area contributed by atoms with E-state index < -0.39 is 5.91 Å². The molecule has 0 aliphatic rings. The molecule has 0 fully saturated rings. The maximum Gasteiger partial charge on any atom is 0.260 e. The summed E-state index contributed by atoms with van der Waals surface area (Å²) in [6, 6.07) is 4.71. The van der Waals surface area contributed by atoms with Gasteiger partial charge in [0.2, 0.25) is 5.95 Å². The van der Waals surface area contributed by atoms with Gasteiger partial charge in [0.15, 0.2) is 0 Å². The second kappa shape index (κ2) is 5.39. The van der Waals surface area contributed by atoms with Crippen molar-refractivity contribution < 1.29 is 4.79 Å². The van der Waals surface area contributed by atoms with Crippen molar-refractivity contribution >= 4 is 29.1 Å². The number of carbonyl (C=O) groups excluding carboxylic acids is 1. The van der Waals surface area contributed by atoms with Crippen molar-refractivity contribution in [3.05, 3.63) is 41.2 Å².